The molecule has 7 nitrogen and oxygen atoms in total. The van der Waals surface area contributed by atoms with E-state index in [9.17, 15) is 9.59 Å². The molecule has 1 fully saturated rings. The molecule has 0 bridgehead atoms. The first kappa shape index (κ1) is 21.8. The van der Waals surface area contributed by atoms with Crippen molar-refractivity contribution < 1.29 is 14.3 Å². The topological polar surface area (TPSA) is 73.9 Å². The van der Waals surface area contributed by atoms with Crippen LogP contribution >= 0.6 is 0 Å². The van der Waals surface area contributed by atoms with Crippen LogP contribution in [0, 0.1) is 0 Å². The molecule has 0 aliphatic carbocycles. The highest BCUT2D eigenvalue weighted by atomic mass is 16.5. The Morgan fingerprint density at radius 3 is 2.43 bits per heavy atom. The third-order valence-electron chi connectivity index (χ3n) is 5.00. The maximum atomic E-state index is 12.4. The Kier molecular flexibility index (Phi) is 8.23. The molecule has 1 saturated heterocycles. The van der Waals surface area contributed by atoms with Gasteiger partial charge >= 0.3 is 0 Å². The second-order valence-electron chi connectivity index (χ2n) is 7.27. The fraction of sp³-hybridized carbons (Fsp3) is 0.391. The minimum atomic E-state index is -0.138. The molecule has 2 amide bonds. The lowest BCUT2D eigenvalue weighted by Gasteiger charge is -2.34. The molecule has 7 heteroatoms. The number of ether oxygens (including phenoxy) is 1. The van der Waals surface area contributed by atoms with Gasteiger partial charge in [0.1, 0.15) is 12.4 Å². The number of hydrogen-bond donors (Lipinski definition) is 2. The maximum Gasteiger partial charge on any atom is 0.251 e. The quantitative estimate of drug-likeness (QED) is 0.662. The highest BCUT2D eigenvalue weighted by molar-refractivity contribution is 5.97. The molecular formula is C23H30N4O3. The second kappa shape index (κ2) is 11.3. The summed E-state index contributed by atoms with van der Waals surface area (Å²) in [7, 11) is 0. The number of piperazine rings is 1. The zero-order valence-corrected chi connectivity index (χ0v) is 17.5. The summed E-state index contributed by atoms with van der Waals surface area (Å²) in [6.45, 7) is 7.85. The molecular weight excluding hydrogens is 380 g/mol. The van der Waals surface area contributed by atoms with Gasteiger partial charge in [-0.25, -0.2) is 0 Å². The van der Waals surface area contributed by atoms with Gasteiger partial charge < -0.3 is 15.4 Å². The molecule has 3 rings (SSSR count). The van der Waals surface area contributed by atoms with Crippen molar-refractivity contribution in [3.05, 3.63) is 60.2 Å². The highest BCUT2D eigenvalue weighted by Crippen LogP contribution is 2.12. The SMILES string of the molecule is CCNC(=O)c1cccc(NC(=O)CN2CCN(CCOc3ccccc3)CC2)c1. The molecule has 0 aromatic heterocycles. The van der Waals surface area contributed by atoms with Gasteiger partial charge in [0.25, 0.3) is 5.91 Å². The number of carbonyl (C=O) groups is 2. The number of nitrogens with zero attached hydrogens (tertiary/aromatic N) is 2. The first-order valence-corrected chi connectivity index (χ1v) is 10.4. The number of anilines is 1. The van der Waals surface area contributed by atoms with Crippen molar-refractivity contribution in [1.29, 1.82) is 0 Å². The van der Waals surface area contributed by atoms with Gasteiger partial charge in [-0.3, -0.25) is 19.4 Å². The smallest absolute Gasteiger partial charge is 0.251 e. The molecule has 30 heavy (non-hydrogen) atoms. The Morgan fingerprint density at radius 2 is 1.70 bits per heavy atom. The molecule has 1 aliphatic rings. The van der Waals surface area contributed by atoms with Crippen LogP contribution in [0.5, 0.6) is 5.75 Å². The van der Waals surface area contributed by atoms with Crippen molar-refractivity contribution in [3.63, 3.8) is 0 Å². The maximum absolute atomic E-state index is 12.4. The van der Waals surface area contributed by atoms with E-state index in [0.717, 1.165) is 38.5 Å². The normalized spacial score (nSPS) is 14.8. The summed E-state index contributed by atoms with van der Waals surface area (Å²) in [4.78, 5) is 28.9. The van der Waals surface area contributed by atoms with Crippen LogP contribution in [-0.4, -0.2) is 74.0 Å². The van der Waals surface area contributed by atoms with Gasteiger partial charge in [0.05, 0.1) is 6.54 Å². The summed E-state index contributed by atoms with van der Waals surface area (Å²) in [5, 5.41) is 5.66. The molecule has 2 aromatic rings. The minimum absolute atomic E-state index is 0.0658. The zero-order chi connectivity index (χ0) is 21.2. The summed E-state index contributed by atoms with van der Waals surface area (Å²) < 4.78 is 5.76. The van der Waals surface area contributed by atoms with Crippen molar-refractivity contribution in [2.24, 2.45) is 0 Å². The molecule has 1 heterocycles. The van der Waals surface area contributed by atoms with Crippen LogP contribution in [0.25, 0.3) is 0 Å². The van der Waals surface area contributed by atoms with Gasteiger partial charge in [-0.05, 0) is 37.3 Å². The van der Waals surface area contributed by atoms with Crippen molar-refractivity contribution in [2.75, 3.05) is 57.7 Å². The Morgan fingerprint density at radius 1 is 0.967 bits per heavy atom. The van der Waals surface area contributed by atoms with Gasteiger partial charge in [-0.1, -0.05) is 24.3 Å². The van der Waals surface area contributed by atoms with Gasteiger partial charge in [0, 0.05) is 50.5 Å². The van der Waals surface area contributed by atoms with Gasteiger partial charge in [-0.2, -0.15) is 0 Å². The number of amides is 2. The third-order valence-corrected chi connectivity index (χ3v) is 5.00. The minimum Gasteiger partial charge on any atom is -0.492 e. The van der Waals surface area contributed by atoms with Crippen molar-refractivity contribution in [2.45, 2.75) is 6.92 Å². The van der Waals surface area contributed by atoms with E-state index in [4.69, 9.17) is 4.74 Å². The first-order valence-electron chi connectivity index (χ1n) is 10.4. The molecule has 0 unspecified atom stereocenters. The van der Waals surface area contributed by atoms with Crippen molar-refractivity contribution >= 4 is 17.5 Å². The van der Waals surface area contributed by atoms with E-state index in [1.807, 2.05) is 37.3 Å². The standard InChI is InChI=1S/C23H30N4O3/c1-2-24-23(29)19-7-6-8-20(17-19)25-22(28)18-27-13-11-26(12-14-27)15-16-30-21-9-4-3-5-10-21/h3-10,17H,2,11-16,18H2,1H3,(H,24,29)(H,25,28). The van der Waals surface area contributed by atoms with Crippen LogP contribution in [0.15, 0.2) is 54.6 Å². The average Bonchev–Trinajstić information content (AvgIpc) is 2.76. The molecule has 0 radical (unpaired) electrons. The molecule has 2 aromatic carbocycles. The Bertz CT molecular complexity index is 820. The largest absolute Gasteiger partial charge is 0.492 e. The van der Waals surface area contributed by atoms with Gasteiger partial charge in [0.15, 0.2) is 0 Å². The molecule has 0 spiro atoms. The third kappa shape index (κ3) is 6.86. The van der Waals surface area contributed by atoms with Gasteiger partial charge in [0.2, 0.25) is 5.91 Å². The summed E-state index contributed by atoms with van der Waals surface area (Å²) in [5.41, 5.74) is 1.18. The summed E-state index contributed by atoms with van der Waals surface area (Å²) in [6.07, 6.45) is 0. The lowest BCUT2D eigenvalue weighted by atomic mass is 10.2. The molecule has 160 valence electrons. The first-order chi connectivity index (χ1) is 14.6. The second-order valence-corrected chi connectivity index (χ2v) is 7.27. The molecule has 0 atom stereocenters. The number of carbonyl (C=O) groups excluding carboxylic acids is 2. The predicted molar refractivity (Wildman–Crippen MR) is 118 cm³/mol. The van der Waals surface area contributed by atoms with Gasteiger partial charge in [-0.15, -0.1) is 0 Å². The lowest BCUT2D eigenvalue weighted by Crippen LogP contribution is -2.49. The van der Waals surface area contributed by atoms with E-state index in [1.165, 1.54) is 0 Å². The average molecular weight is 411 g/mol. The highest BCUT2D eigenvalue weighted by Gasteiger charge is 2.19. The zero-order valence-electron chi connectivity index (χ0n) is 17.5. The summed E-state index contributed by atoms with van der Waals surface area (Å²) in [5.74, 6) is 0.689. The van der Waals surface area contributed by atoms with Crippen LogP contribution in [0.3, 0.4) is 0 Å². The van der Waals surface area contributed by atoms with E-state index < -0.39 is 0 Å². The number of rotatable bonds is 9. The summed E-state index contributed by atoms with van der Waals surface area (Å²) in [6, 6.07) is 16.8. The van der Waals surface area contributed by atoms with E-state index in [-0.39, 0.29) is 11.8 Å². The number of hydrogen-bond acceptors (Lipinski definition) is 5. The van der Waals surface area contributed by atoms with E-state index in [1.54, 1.807) is 24.3 Å². The van der Waals surface area contributed by atoms with Crippen molar-refractivity contribution in [3.8, 4) is 5.75 Å². The van der Waals surface area contributed by atoms with E-state index >= 15 is 0 Å². The molecule has 2 N–H and O–H groups in total. The van der Waals surface area contributed by atoms with Crippen LogP contribution in [-0.2, 0) is 4.79 Å². The number of nitrogens with one attached hydrogen (secondary N) is 2. The van der Waals surface area contributed by atoms with Crippen LogP contribution in [0.2, 0.25) is 0 Å². The lowest BCUT2D eigenvalue weighted by molar-refractivity contribution is -0.117. The Hall–Kier alpha value is -2.90. The van der Waals surface area contributed by atoms with Crippen LogP contribution < -0.4 is 15.4 Å². The molecule has 1 aliphatic heterocycles. The van der Waals surface area contributed by atoms with E-state index in [0.29, 0.717) is 30.9 Å². The van der Waals surface area contributed by atoms with Crippen LogP contribution in [0.1, 0.15) is 17.3 Å². The Balaban J connectivity index is 1.37. The monoisotopic (exact) mass is 410 g/mol. The van der Waals surface area contributed by atoms with E-state index in [2.05, 4.69) is 20.4 Å². The predicted octanol–water partition coefficient (Wildman–Crippen LogP) is 2.07. The number of benzene rings is 2. The number of para-hydroxylation sites is 1. The molecule has 0 saturated carbocycles. The van der Waals surface area contributed by atoms with Crippen LogP contribution in [0.4, 0.5) is 5.69 Å². The Labute approximate surface area is 178 Å². The van der Waals surface area contributed by atoms with Crippen molar-refractivity contribution in [1.82, 2.24) is 15.1 Å². The fourth-order valence-corrected chi connectivity index (χ4v) is 3.38. The fourth-order valence-electron chi connectivity index (χ4n) is 3.38. The summed E-state index contributed by atoms with van der Waals surface area (Å²) >= 11 is 0.